The van der Waals surface area contributed by atoms with Gasteiger partial charge in [-0.15, -0.1) is 0 Å². The predicted molar refractivity (Wildman–Crippen MR) is 79.3 cm³/mol. The van der Waals surface area contributed by atoms with E-state index in [2.05, 4.69) is 21.4 Å². The molecule has 0 heterocycles. The van der Waals surface area contributed by atoms with Gasteiger partial charge in [-0.1, -0.05) is 45.7 Å². The lowest BCUT2D eigenvalue weighted by Gasteiger charge is -2.18. The summed E-state index contributed by atoms with van der Waals surface area (Å²) in [7, 11) is 0. The second kappa shape index (κ2) is 6.48. The number of halogens is 3. The monoisotopic (exact) mass is 342 g/mol. The highest BCUT2D eigenvalue weighted by atomic mass is 79.9. The van der Waals surface area contributed by atoms with E-state index in [1.54, 1.807) is 6.07 Å². The normalized spacial score (nSPS) is 12.4. The molecule has 0 bridgehead atoms. The van der Waals surface area contributed by atoms with E-state index in [1.165, 1.54) is 12.1 Å². The van der Waals surface area contributed by atoms with E-state index < -0.39 is 0 Å². The molecular weight excluding hydrogens is 331 g/mol. The van der Waals surface area contributed by atoms with Gasteiger partial charge in [-0.3, -0.25) is 11.3 Å². The average molecular weight is 344 g/mol. The third-order valence-corrected chi connectivity index (χ3v) is 3.69. The van der Waals surface area contributed by atoms with E-state index in [0.717, 1.165) is 15.6 Å². The summed E-state index contributed by atoms with van der Waals surface area (Å²) in [5.74, 6) is 5.33. The van der Waals surface area contributed by atoms with Crippen LogP contribution in [0.4, 0.5) is 4.39 Å². The van der Waals surface area contributed by atoms with Crippen molar-refractivity contribution in [3.63, 3.8) is 0 Å². The molecule has 2 aromatic carbocycles. The number of hydrazine groups is 1. The van der Waals surface area contributed by atoms with Gasteiger partial charge in [0.1, 0.15) is 5.82 Å². The fraction of sp³-hybridized carbons (Fsp3) is 0.143. The Labute approximate surface area is 124 Å². The molecule has 0 saturated carbocycles. The lowest BCUT2D eigenvalue weighted by atomic mass is 9.99. The second-order valence-corrected chi connectivity index (χ2v) is 5.54. The van der Waals surface area contributed by atoms with Crippen LogP contribution in [0.1, 0.15) is 17.2 Å². The Morgan fingerprint density at radius 1 is 1.26 bits per heavy atom. The first-order chi connectivity index (χ1) is 9.10. The molecule has 100 valence electrons. The van der Waals surface area contributed by atoms with Crippen molar-refractivity contribution in [1.29, 1.82) is 0 Å². The smallest absolute Gasteiger partial charge is 0.123 e. The van der Waals surface area contributed by atoms with Gasteiger partial charge < -0.3 is 0 Å². The maximum atomic E-state index is 13.2. The largest absolute Gasteiger partial charge is 0.271 e. The topological polar surface area (TPSA) is 38.0 Å². The molecule has 0 aromatic heterocycles. The van der Waals surface area contributed by atoms with Crippen LogP contribution >= 0.6 is 27.5 Å². The van der Waals surface area contributed by atoms with E-state index in [0.29, 0.717) is 11.4 Å². The van der Waals surface area contributed by atoms with E-state index in [-0.39, 0.29) is 11.9 Å². The van der Waals surface area contributed by atoms with Crippen LogP contribution in [0, 0.1) is 5.82 Å². The Hall–Kier alpha value is -0.940. The average Bonchev–Trinajstić information content (AvgIpc) is 2.37. The van der Waals surface area contributed by atoms with Crippen molar-refractivity contribution in [3.8, 4) is 0 Å². The minimum Gasteiger partial charge on any atom is -0.271 e. The van der Waals surface area contributed by atoms with Crippen LogP contribution in [0.3, 0.4) is 0 Å². The summed E-state index contributed by atoms with van der Waals surface area (Å²) in [5, 5.41) is 0.619. The molecule has 0 radical (unpaired) electrons. The highest BCUT2D eigenvalue weighted by Crippen LogP contribution is 2.28. The zero-order valence-corrected chi connectivity index (χ0v) is 12.4. The summed E-state index contributed by atoms with van der Waals surface area (Å²) in [6.45, 7) is 0. The Balaban J connectivity index is 2.25. The van der Waals surface area contributed by atoms with Crippen LogP contribution in [0.25, 0.3) is 0 Å². The first-order valence-electron chi connectivity index (χ1n) is 5.75. The predicted octanol–water partition coefficient (Wildman–Crippen LogP) is 3.99. The van der Waals surface area contributed by atoms with E-state index in [9.17, 15) is 4.39 Å². The number of hydrogen-bond acceptors (Lipinski definition) is 2. The number of benzene rings is 2. The number of rotatable bonds is 4. The first-order valence-corrected chi connectivity index (χ1v) is 6.93. The zero-order valence-electron chi connectivity index (χ0n) is 10.0. The SMILES string of the molecule is NNC(Cc1cccc(F)c1)c1ccc(Br)cc1Cl. The second-order valence-electron chi connectivity index (χ2n) is 4.22. The van der Waals surface area contributed by atoms with Crippen LogP contribution in [-0.2, 0) is 6.42 Å². The minimum absolute atomic E-state index is 0.164. The highest BCUT2D eigenvalue weighted by Gasteiger charge is 2.14. The molecule has 0 spiro atoms. The summed E-state index contributed by atoms with van der Waals surface area (Å²) in [5.41, 5.74) is 4.47. The quantitative estimate of drug-likeness (QED) is 0.651. The van der Waals surface area contributed by atoms with Gasteiger partial charge in [-0.2, -0.15) is 0 Å². The minimum atomic E-state index is -0.254. The molecule has 0 aliphatic heterocycles. The third-order valence-electron chi connectivity index (χ3n) is 2.87. The van der Waals surface area contributed by atoms with Gasteiger partial charge >= 0.3 is 0 Å². The van der Waals surface area contributed by atoms with Gasteiger partial charge in [-0.25, -0.2) is 4.39 Å². The van der Waals surface area contributed by atoms with Crippen molar-refractivity contribution in [1.82, 2.24) is 5.43 Å². The number of nitrogens with two attached hydrogens (primary N) is 1. The fourth-order valence-corrected chi connectivity index (χ4v) is 2.75. The lowest BCUT2D eigenvalue weighted by molar-refractivity contribution is 0.548. The molecule has 2 aromatic rings. The van der Waals surface area contributed by atoms with E-state index in [4.69, 9.17) is 17.4 Å². The summed E-state index contributed by atoms with van der Waals surface area (Å²) in [6, 6.07) is 11.9. The molecule has 2 rings (SSSR count). The Bertz CT molecular complexity index is 577. The fourth-order valence-electron chi connectivity index (χ4n) is 1.94. The van der Waals surface area contributed by atoms with Crippen LogP contribution in [0.5, 0.6) is 0 Å². The number of nitrogens with one attached hydrogen (secondary N) is 1. The van der Waals surface area contributed by atoms with Crippen molar-refractivity contribution in [3.05, 3.63) is 68.9 Å². The highest BCUT2D eigenvalue weighted by molar-refractivity contribution is 9.10. The molecule has 0 saturated heterocycles. The third kappa shape index (κ3) is 3.76. The van der Waals surface area contributed by atoms with Crippen molar-refractivity contribution < 1.29 is 4.39 Å². The van der Waals surface area contributed by atoms with Gasteiger partial charge in [0.25, 0.3) is 0 Å². The summed E-state index contributed by atoms with van der Waals surface area (Å²) in [4.78, 5) is 0. The van der Waals surface area contributed by atoms with Gasteiger partial charge in [0, 0.05) is 9.50 Å². The maximum absolute atomic E-state index is 13.2. The molecule has 0 fully saturated rings. The van der Waals surface area contributed by atoms with Crippen molar-refractivity contribution in [2.24, 2.45) is 5.84 Å². The van der Waals surface area contributed by atoms with E-state index in [1.807, 2.05) is 24.3 Å². The van der Waals surface area contributed by atoms with Crippen LogP contribution in [-0.4, -0.2) is 0 Å². The van der Waals surface area contributed by atoms with Crippen molar-refractivity contribution in [2.75, 3.05) is 0 Å². The zero-order chi connectivity index (χ0) is 13.8. The van der Waals surface area contributed by atoms with Gasteiger partial charge in [0.2, 0.25) is 0 Å². The lowest BCUT2D eigenvalue weighted by Crippen LogP contribution is -2.29. The summed E-state index contributed by atoms with van der Waals surface area (Å²) >= 11 is 9.56. The molecule has 0 aliphatic rings. The molecule has 0 aliphatic carbocycles. The standard InChI is InChI=1S/C14H13BrClFN2/c15-10-4-5-12(13(16)8-10)14(19-18)7-9-2-1-3-11(17)6-9/h1-6,8,14,19H,7,18H2. The summed E-state index contributed by atoms with van der Waals surface area (Å²) < 4.78 is 14.1. The Morgan fingerprint density at radius 3 is 2.68 bits per heavy atom. The molecule has 3 N–H and O–H groups in total. The number of hydrogen-bond donors (Lipinski definition) is 2. The van der Waals surface area contributed by atoms with E-state index >= 15 is 0 Å². The van der Waals surface area contributed by atoms with Crippen LogP contribution in [0.2, 0.25) is 5.02 Å². The van der Waals surface area contributed by atoms with Crippen LogP contribution in [0.15, 0.2) is 46.9 Å². The molecule has 1 atom stereocenters. The molecule has 0 amide bonds. The molecular formula is C14H13BrClFN2. The van der Waals surface area contributed by atoms with Gasteiger partial charge in [0.15, 0.2) is 0 Å². The molecule has 1 unspecified atom stereocenters. The van der Waals surface area contributed by atoms with Crippen LogP contribution < -0.4 is 11.3 Å². The maximum Gasteiger partial charge on any atom is 0.123 e. The molecule has 5 heteroatoms. The summed E-state index contributed by atoms with van der Waals surface area (Å²) in [6.07, 6.45) is 0.565. The van der Waals surface area contributed by atoms with Crippen molar-refractivity contribution in [2.45, 2.75) is 12.5 Å². The Morgan fingerprint density at radius 2 is 2.05 bits per heavy atom. The molecule has 2 nitrogen and oxygen atoms in total. The van der Waals surface area contributed by atoms with Crippen molar-refractivity contribution >= 4 is 27.5 Å². The van der Waals surface area contributed by atoms with Gasteiger partial charge in [0.05, 0.1) is 6.04 Å². The molecule has 19 heavy (non-hydrogen) atoms. The first kappa shape index (κ1) is 14.5. The van der Waals surface area contributed by atoms with Gasteiger partial charge in [-0.05, 0) is 41.8 Å². The Kier molecular flexibility index (Phi) is 4.93.